The van der Waals surface area contributed by atoms with Crippen molar-refractivity contribution in [1.29, 1.82) is 0 Å². The number of hydrogen-bond donors (Lipinski definition) is 0. The Morgan fingerprint density at radius 3 is 2.88 bits per heavy atom. The summed E-state index contributed by atoms with van der Waals surface area (Å²) in [6.07, 6.45) is 2.30. The lowest BCUT2D eigenvalue weighted by Crippen LogP contribution is -2.03. The lowest BCUT2D eigenvalue weighted by molar-refractivity contribution is 0.624. The van der Waals surface area contributed by atoms with Gasteiger partial charge in [0.2, 0.25) is 0 Å². The normalized spacial score (nSPS) is 13.2. The van der Waals surface area contributed by atoms with Crippen molar-refractivity contribution >= 4 is 17.2 Å². The lowest BCUT2D eigenvalue weighted by atomic mass is 10.0. The molecule has 1 unspecified atom stereocenters. The first kappa shape index (κ1) is 11.4. The van der Waals surface area contributed by atoms with Crippen LogP contribution in [0.2, 0.25) is 5.15 Å². The molecule has 16 heavy (non-hydrogen) atoms. The quantitative estimate of drug-likeness (QED) is 0.817. The van der Waals surface area contributed by atoms with E-state index < -0.39 is 0 Å². The molecule has 2 aromatic heterocycles. The van der Waals surface area contributed by atoms with Crippen molar-refractivity contribution in [1.82, 2.24) is 14.6 Å². The van der Waals surface area contributed by atoms with Crippen molar-refractivity contribution in [3.05, 3.63) is 28.7 Å². The number of aromatic nitrogens is 3. The third kappa shape index (κ3) is 1.92. The Morgan fingerprint density at radius 2 is 2.19 bits per heavy atom. The third-order valence-corrected chi connectivity index (χ3v) is 3.05. The van der Waals surface area contributed by atoms with Crippen molar-refractivity contribution in [3.8, 4) is 0 Å². The van der Waals surface area contributed by atoms with E-state index in [0.717, 1.165) is 24.2 Å². The fourth-order valence-electron chi connectivity index (χ4n) is 2.17. The van der Waals surface area contributed by atoms with Gasteiger partial charge in [-0.15, -0.1) is 0 Å². The van der Waals surface area contributed by atoms with Gasteiger partial charge in [0.05, 0.1) is 11.4 Å². The number of fused-ring (bicyclic) bond motifs is 1. The molecule has 0 aromatic carbocycles. The van der Waals surface area contributed by atoms with Crippen molar-refractivity contribution in [2.75, 3.05) is 0 Å². The summed E-state index contributed by atoms with van der Waals surface area (Å²) in [5.41, 5.74) is 3.11. The second kappa shape index (κ2) is 4.42. The van der Waals surface area contributed by atoms with Crippen LogP contribution in [0.1, 0.15) is 44.0 Å². The zero-order valence-electron chi connectivity index (χ0n) is 9.87. The standard InChI is InChI=1S/C12H16ClN3/c1-4-5-8(2)12-9(3)14-11-7-6-10(13)15-16(11)12/h6-8H,4-5H2,1-3H3. The average molecular weight is 238 g/mol. The van der Waals surface area contributed by atoms with Gasteiger partial charge in [-0.1, -0.05) is 31.9 Å². The number of aryl methyl sites for hydroxylation is 1. The molecular formula is C12H16ClN3. The Hall–Kier alpha value is -1.09. The molecule has 4 heteroatoms. The van der Waals surface area contributed by atoms with Crippen LogP contribution in [0.25, 0.3) is 5.65 Å². The van der Waals surface area contributed by atoms with Gasteiger partial charge in [-0.05, 0) is 25.5 Å². The van der Waals surface area contributed by atoms with Gasteiger partial charge in [-0.25, -0.2) is 9.50 Å². The van der Waals surface area contributed by atoms with Crippen LogP contribution in [0.5, 0.6) is 0 Å². The summed E-state index contributed by atoms with van der Waals surface area (Å²) < 4.78 is 1.87. The molecule has 0 aliphatic rings. The maximum Gasteiger partial charge on any atom is 0.154 e. The average Bonchev–Trinajstić information content (AvgIpc) is 2.53. The Balaban J connectivity index is 2.58. The zero-order valence-corrected chi connectivity index (χ0v) is 10.6. The minimum atomic E-state index is 0.464. The smallest absolute Gasteiger partial charge is 0.154 e. The van der Waals surface area contributed by atoms with Crippen molar-refractivity contribution in [3.63, 3.8) is 0 Å². The minimum Gasteiger partial charge on any atom is -0.232 e. The van der Waals surface area contributed by atoms with Crippen LogP contribution in [-0.4, -0.2) is 14.6 Å². The largest absolute Gasteiger partial charge is 0.232 e. The molecule has 0 aliphatic heterocycles. The molecule has 3 nitrogen and oxygen atoms in total. The van der Waals surface area contributed by atoms with Crippen molar-refractivity contribution in [2.24, 2.45) is 0 Å². The van der Waals surface area contributed by atoms with E-state index >= 15 is 0 Å². The molecule has 0 saturated carbocycles. The summed E-state index contributed by atoms with van der Waals surface area (Å²) in [5.74, 6) is 0.464. The highest BCUT2D eigenvalue weighted by atomic mass is 35.5. The Labute approximate surface area is 100 Å². The molecule has 0 saturated heterocycles. The maximum atomic E-state index is 5.92. The van der Waals surface area contributed by atoms with Crippen LogP contribution in [0.15, 0.2) is 12.1 Å². The molecule has 0 bridgehead atoms. The second-order valence-corrected chi connectivity index (χ2v) is 4.59. The molecule has 0 fully saturated rings. The van der Waals surface area contributed by atoms with Crippen LogP contribution in [0.4, 0.5) is 0 Å². The third-order valence-electron chi connectivity index (χ3n) is 2.85. The van der Waals surface area contributed by atoms with Gasteiger partial charge in [0, 0.05) is 5.92 Å². The highest BCUT2D eigenvalue weighted by Crippen LogP contribution is 2.24. The van der Waals surface area contributed by atoms with E-state index in [4.69, 9.17) is 11.6 Å². The van der Waals surface area contributed by atoms with Gasteiger partial charge >= 0.3 is 0 Å². The minimum absolute atomic E-state index is 0.464. The summed E-state index contributed by atoms with van der Waals surface area (Å²) in [4.78, 5) is 4.50. The Kier molecular flexibility index (Phi) is 3.15. The van der Waals surface area contributed by atoms with Gasteiger partial charge in [-0.2, -0.15) is 5.10 Å². The number of hydrogen-bond acceptors (Lipinski definition) is 2. The molecule has 1 atom stereocenters. The fraction of sp³-hybridized carbons (Fsp3) is 0.500. The van der Waals surface area contributed by atoms with Crippen LogP contribution >= 0.6 is 11.6 Å². The molecular weight excluding hydrogens is 222 g/mol. The predicted molar refractivity (Wildman–Crippen MR) is 66.1 cm³/mol. The van der Waals surface area contributed by atoms with Crippen LogP contribution in [-0.2, 0) is 0 Å². The van der Waals surface area contributed by atoms with Gasteiger partial charge in [-0.3, -0.25) is 0 Å². The molecule has 0 aliphatic carbocycles. The molecule has 2 heterocycles. The highest BCUT2D eigenvalue weighted by molar-refractivity contribution is 6.29. The van der Waals surface area contributed by atoms with E-state index in [2.05, 4.69) is 23.9 Å². The first-order valence-corrected chi connectivity index (χ1v) is 6.03. The van der Waals surface area contributed by atoms with Crippen molar-refractivity contribution in [2.45, 2.75) is 39.5 Å². The maximum absolute atomic E-state index is 5.92. The summed E-state index contributed by atoms with van der Waals surface area (Å²) in [6.45, 7) is 6.43. The molecule has 2 rings (SSSR count). The van der Waals surface area contributed by atoms with Crippen LogP contribution in [0, 0.1) is 6.92 Å². The van der Waals surface area contributed by atoms with Gasteiger partial charge in [0.25, 0.3) is 0 Å². The summed E-state index contributed by atoms with van der Waals surface area (Å²) in [6, 6.07) is 3.68. The van der Waals surface area contributed by atoms with Gasteiger partial charge in [0.15, 0.2) is 5.65 Å². The SMILES string of the molecule is CCCC(C)c1c(C)nc2ccc(Cl)nn12. The lowest BCUT2D eigenvalue weighted by Gasteiger charge is -2.10. The predicted octanol–water partition coefficient (Wildman–Crippen LogP) is 3.59. The second-order valence-electron chi connectivity index (χ2n) is 4.20. The van der Waals surface area contributed by atoms with Gasteiger partial charge < -0.3 is 0 Å². The molecule has 0 spiro atoms. The molecule has 0 radical (unpaired) electrons. The summed E-state index contributed by atoms with van der Waals surface area (Å²) >= 11 is 5.92. The van der Waals surface area contributed by atoms with Crippen LogP contribution < -0.4 is 0 Å². The van der Waals surface area contributed by atoms with E-state index in [0.29, 0.717) is 11.1 Å². The molecule has 0 amide bonds. The molecule has 86 valence electrons. The summed E-state index contributed by atoms with van der Waals surface area (Å²) in [7, 11) is 0. The number of halogens is 1. The Morgan fingerprint density at radius 1 is 1.44 bits per heavy atom. The first-order valence-electron chi connectivity index (χ1n) is 5.65. The van der Waals surface area contributed by atoms with E-state index in [1.165, 1.54) is 5.69 Å². The van der Waals surface area contributed by atoms with E-state index in [1.807, 2.05) is 17.5 Å². The number of rotatable bonds is 3. The molecule has 0 N–H and O–H groups in total. The first-order chi connectivity index (χ1) is 7.63. The van der Waals surface area contributed by atoms with Crippen LogP contribution in [0.3, 0.4) is 0 Å². The number of imidazole rings is 1. The van der Waals surface area contributed by atoms with Crippen molar-refractivity contribution < 1.29 is 0 Å². The van der Waals surface area contributed by atoms with E-state index in [-0.39, 0.29) is 0 Å². The van der Waals surface area contributed by atoms with E-state index in [9.17, 15) is 0 Å². The van der Waals surface area contributed by atoms with E-state index in [1.54, 1.807) is 6.07 Å². The monoisotopic (exact) mass is 237 g/mol. The fourth-order valence-corrected chi connectivity index (χ4v) is 2.31. The highest BCUT2D eigenvalue weighted by Gasteiger charge is 2.15. The number of nitrogens with zero attached hydrogens (tertiary/aromatic N) is 3. The van der Waals surface area contributed by atoms with Gasteiger partial charge in [0.1, 0.15) is 5.15 Å². The zero-order chi connectivity index (χ0) is 11.7. The summed E-state index contributed by atoms with van der Waals surface area (Å²) in [5, 5.41) is 4.83. The topological polar surface area (TPSA) is 30.2 Å². The molecule has 2 aromatic rings. The Bertz CT molecular complexity index is 504.